The first-order valence-electron chi connectivity index (χ1n) is 8.01. The summed E-state index contributed by atoms with van der Waals surface area (Å²) in [6, 6.07) is 10.7. The maximum Gasteiger partial charge on any atom is 0.306 e. The molecular formula is C18H23NO4S2. The summed E-state index contributed by atoms with van der Waals surface area (Å²) >= 11 is 1.57. The van der Waals surface area contributed by atoms with E-state index >= 15 is 0 Å². The third-order valence-electron chi connectivity index (χ3n) is 3.36. The summed E-state index contributed by atoms with van der Waals surface area (Å²) in [6.45, 7) is 5.19. The summed E-state index contributed by atoms with van der Waals surface area (Å²) in [4.78, 5) is 15.5. The fraction of sp³-hybridized carbons (Fsp3) is 0.389. The van der Waals surface area contributed by atoms with E-state index in [4.69, 9.17) is 4.18 Å². The minimum absolute atomic E-state index is 0.0607. The van der Waals surface area contributed by atoms with Crippen LogP contribution in [0.1, 0.15) is 24.3 Å². The maximum absolute atomic E-state index is 12.7. The lowest BCUT2D eigenvalue weighted by Crippen LogP contribution is -2.34. The van der Waals surface area contributed by atoms with E-state index in [1.807, 2.05) is 28.5 Å². The Morgan fingerprint density at radius 3 is 2.60 bits per heavy atom. The van der Waals surface area contributed by atoms with Gasteiger partial charge in [-0.15, -0.1) is 11.3 Å². The van der Waals surface area contributed by atoms with Gasteiger partial charge in [0.1, 0.15) is 5.75 Å². The summed E-state index contributed by atoms with van der Waals surface area (Å²) in [5.74, 6) is 0.656. The Kier molecular flexibility index (Phi) is 6.61. The summed E-state index contributed by atoms with van der Waals surface area (Å²) in [6.07, 6.45) is 1.39. The van der Waals surface area contributed by atoms with Crippen molar-refractivity contribution in [2.75, 3.05) is 12.8 Å². The van der Waals surface area contributed by atoms with Crippen molar-refractivity contribution in [3.8, 4) is 5.75 Å². The lowest BCUT2D eigenvalue weighted by molar-refractivity contribution is -0.131. The standard InChI is InChI=1S/C18H23NO4S2/c1-14(2)12-19(18(20)11-17-8-5-9-24-17)13-15-6-4-7-16(10-15)23-25(3,21)22/h4-10,14H,11-13H2,1-3H3. The molecule has 2 aromatic rings. The van der Waals surface area contributed by atoms with E-state index in [2.05, 4.69) is 13.8 Å². The predicted molar refractivity (Wildman–Crippen MR) is 100 cm³/mol. The molecule has 2 rings (SSSR count). The third-order valence-corrected chi connectivity index (χ3v) is 4.73. The number of carbonyl (C=O) groups excluding carboxylic acids is 1. The maximum atomic E-state index is 12.7. The number of hydrogen-bond acceptors (Lipinski definition) is 5. The smallest absolute Gasteiger partial charge is 0.306 e. The number of nitrogens with zero attached hydrogens (tertiary/aromatic N) is 1. The molecule has 0 aliphatic rings. The zero-order valence-electron chi connectivity index (χ0n) is 14.6. The Hall–Kier alpha value is -1.86. The van der Waals surface area contributed by atoms with Gasteiger partial charge in [-0.25, -0.2) is 0 Å². The van der Waals surface area contributed by atoms with Crippen molar-refractivity contribution in [2.45, 2.75) is 26.8 Å². The Morgan fingerprint density at radius 2 is 2.00 bits per heavy atom. The van der Waals surface area contributed by atoms with Crippen LogP contribution in [0.15, 0.2) is 41.8 Å². The molecule has 1 heterocycles. The first-order valence-corrected chi connectivity index (χ1v) is 10.7. The van der Waals surface area contributed by atoms with Crippen LogP contribution in [0.5, 0.6) is 5.75 Å². The van der Waals surface area contributed by atoms with E-state index in [-0.39, 0.29) is 11.7 Å². The highest BCUT2D eigenvalue weighted by Gasteiger charge is 2.17. The minimum atomic E-state index is -3.57. The van der Waals surface area contributed by atoms with E-state index < -0.39 is 10.1 Å². The molecule has 136 valence electrons. The summed E-state index contributed by atoms with van der Waals surface area (Å²) in [5, 5.41) is 1.96. The molecule has 5 nitrogen and oxygen atoms in total. The number of rotatable bonds is 8. The Morgan fingerprint density at radius 1 is 1.24 bits per heavy atom. The van der Waals surface area contributed by atoms with E-state index in [9.17, 15) is 13.2 Å². The number of carbonyl (C=O) groups is 1. The number of benzene rings is 1. The van der Waals surface area contributed by atoms with Gasteiger partial charge in [0, 0.05) is 18.0 Å². The molecule has 0 atom stereocenters. The molecule has 0 bridgehead atoms. The van der Waals surface area contributed by atoms with Gasteiger partial charge in [-0.3, -0.25) is 4.79 Å². The third kappa shape index (κ3) is 6.88. The van der Waals surface area contributed by atoms with E-state index in [1.165, 1.54) is 0 Å². The molecule has 0 radical (unpaired) electrons. The van der Waals surface area contributed by atoms with Gasteiger partial charge in [0.25, 0.3) is 0 Å². The van der Waals surface area contributed by atoms with Gasteiger partial charge in [-0.05, 0) is 35.1 Å². The molecule has 1 amide bonds. The van der Waals surface area contributed by atoms with Crippen LogP contribution in [0, 0.1) is 5.92 Å². The van der Waals surface area contributed by atoms with Gasteiger partial charge in [-0.1, -0.05) is 32.0 Å². The minimum Gasteiger partial charge on any atom is -0.383 e. The Bertz CT molecular complexity index is 798. The zero-order valence-corrected chi connectivity index (χ0v) is 16.3. The molecule has 1 aromatic carbocycles. The van der Waals surface area contributed by atoms with E-state index in [0.29, 0.717) is 25.4 Å². The van der Waals surface area contributed by atoms with Crippen LogP contribution in [-0.2, 0) is 27.9 Å². The highest BCUT2D eigenvalue weighted by molar-refractivity contribution is 7.86. The van der Waals surface area contributed by atoms with Crippen LogP contribution < -0.4 is 4.18 Å². The quantitative estimate of drug-likeness (QED) is 0.658. The van der Waals surface area contributed by atoms with Gasteiger partial charge < -0.3 is 9.08 Å². The van der Waals surface area contributed by atoms with Gasteiger partial charge in [0.2, 0.25) is 5.91 Å². The fourth-order valence-corrected chi connectivity index (χ4v) is 3.61. The molecular weight excluding hydrogens is 358 g/mol. The molecule has 0 unspecified atom stereocenters. The first-order chi connectivity index (χ1) is 11.7. The van der Waals surface area contributed by atoms with Crippen molar-refractivity contribution in [3.05, 3.63) is 52.2 Å². The van der Waals surface area contributed by atoms with Crippen molar-refractivity contribution in [2.24, 2.45) is 5.92 Å². The van der Waals surface area contributed by atoms with E-state index in [1.54, 1.807) is 29.5 Å². The van der Waals surface area contributed by atoms with Crippen molar-refractivity contribution in [1.82, 2.24) is 4.90 Å². The van der Waals surface area contributed by atoms with Crippen molar-refractivity contribution in [3.63, 3.8) is 0 Å². The molecule has 0 saturated heterocycles. The van der Waals surface area contributed by atoms with Gasteiger partial charge in [-0.2, -0.15) is 8.42 Å². The van der Waals surface area contributed by atoms with E-state index in [0.717, 1.165) is 16.7 Å². The topological polar surface area (TPSA) is 63.7 Å². The Labute approximate surface area is 153 Å². The Balaban J connectivity index is 2.13. The van der Waals surface area contributed by atoms with Crippen LogP contribution in [0.3, 0.4) is 0 Å². The van der Waals surface area contributed by atoms with Crippen LogP contribution in [0.2, 0.25) is 0 Å². The molecule has 0 N–H and O–H groups in total. The largest absolute Gasteiger partial charge is 0.383 e. The lowest BCUT2D eigenvalue weighted by atomic mass is 10.1. The number of hydrogen-bond donors (Lipinski definition) is 0. The van der Waals surface area contributed by atoms with Crippen molar-refractivity contribution >= 4 is 27.4 Å². The summed E-state index contributed by atoms with van der Waals surface area (Å²) in [5.41, 5.74) is 0.835. The monoisotopic (exact) mass is 381 g/mol. The average molecular weight is 382 g/mol. The SMILES string of the molecule is CC(C)CN(Cc1cccc(OS(C)(=O)=O)c1)C(=O)Cc1cccs1. The molecule has 0 spiro atoms. The highest BCUT2D eigenvalue weighted by Crippen LogP contribution is 2.18. The molecule has 25 heavy (non-hydrogen) atoms. The van der Waals surface area contributed by atoms with Gasteiger partial charge in [0.15, 0.2) is 0 Å². The van der Waals surface area contributed by atoms with Crippen LogP contribution in [0.25, 0.3) is 0 Å². The zero-order chi connectivity index (χ0) is 18.4. The molecule has 0 fully saturated rings. The lowest BCUT2D eigenvalue weighted by Gasteiger charge is -2.25. The van der Waals surface area contributed by atoms with Crippen LogP contribution in [-0.4, -0.2) is 32.0 Å². The van der Waals surface area contributed by atoms with Gasteiger partial charge in [0.05, 0.1) is 12.7 Å². The fourth-order valence-electron chi connectivity index (χ4n) is 2.46. The second-order valence-corrected chi connectivity index (χ2v) is 8.97. The molecule has 0 saturated carbocycles. The average Bonchev–Trinajstić information content (AvgIpc) is 2.97. The van der Waals surface area contributed by atoms with Crippen molar-refractivity contribution in [1.29, 1.82) is 0 Å². The second-order valence-electron chi connectivity index (χ2n) is 6.36. The second kappa shape index (κ2) is 8.49. The highest BCUT2D eigenvalue weighted by atomic mass is 32.2. The molecule has 0 aliphatic carbocycles. The molecule has 7 heteroatoms. The first kappa shape index (κ1) is 19.5. The number of amides is 1. The molecule has 1 aromatic heterocycles. The molecule has 0 aliphatic heterocycles. The van der Waals surface area contributed by atoms with Crippen LogP contribution in [0.4, 0.5) is 0 Å². The van der Waals surface area contributed by atoms with Crippen LogP contribution >= 0.6 is 11.3 Å². The normalized spacial score (nSPS) is 11.5. The predicted octanol–water partition coefficient (Wildman–Crippen LogP) is 3.31. The number of thiophene rings is 1. The van der Waals surface area contributed by atoms with Crippen molar-refractivity contribution < 1.29 is 17.4 Å². The summed E-state index contributed by atoms with van der Waals surface area (Å²) in [7, 11) is -3.57. The van der Waals surface area contributed by atoms with Gasteiger partial charge >= 0.3 is 10.1 Å². The summed E-state index contributed by atoms with van der Waals surface area (Å²) < 4.78 is 27.5.